The third-order valence-corrected chi connectivity index (χ3v) is 6.48. The standard InChI is InChI=1S/C25H25N3O3/c29-23-22(24(30)28(25(31)26-23)21-8-2-1-3-9-21)14-17-10-12-20(13-11-17)27-15-18-6-4-5-7-19(18)16-27/h4-7,10-14,21H,1-3,8-9,15-16H2,(H,26,29,31)/b22-14-. The van der Waals surface area contributed by atoms with Gasteiger partial charge in [-0.05, 0) is 47.7 Å². The lowest BCUT2D eigenvalue weighted by Gasteiger charge is -2.35. The van der Waals surface area contributed by atoms with Gasteiger partial charge in [0.2, 0.25) is 0 Å². The molecule has 2 aliphatic heterocycles. The topological polar surface area (TPSA) is 69.7 Å². The SMILES string of the molecule is O=C1NC(=O)N(C2CCCCC2)C(=O)/C1=C\c1ccc(N2Cc3ccccc3C2)cc1. The summed E-state index contributed by atoms with van der Waals surface area (Å²) >= 11 is 0. The number of amides is 4. The Morgan fingerprint density at radius 2 is 1.48 bits per heavy atom. The zero-order valence-corrected chi connectivity index (χ0v) is 17.3. The average Bonchev–Trinajstić information content (AvgIpc) is 3.22. The maximum Gasteiger partial charge on any atom is 0.331 e. The van der Waals surface area contributed by atoms with Gasteiger partial charge in [0.25, 0.3) is 11.8 Å². The molecular formula is C25H25N3O3. The van der Waals surface area contributed by atoms with Gasteiger partial charge in [-0.25, -0.2) is 4.79 Å². The molecular weight excluding hydrogens is 390 g/mol. The number of fused-ring (bicyclic) bond motifs is 1. The Hall–Kier alpha value is -3.41. The average molecular weight is 415 g/mol. The summed E-state index contributed by atoms with van der Waals surface area (Å²) in [5.41, 5.74) is 4.55. The first-order chi connectivity index (χ1) is 15.1. The molecule has 1 N–H and O–H groups in total. The van der Waals surface area contributed by atoms with Crippen molar-refractivity contribution in [1.29, 1.82) is 0 Å². The molecule has 0 aromatic heterocycles. The maximum atomic E-state index is 13.0. The third kappa shape index (κ3) is 3.74. The van der Waals surface area contributed by atoms with Gasteiger partial charge in [0.15, 0.2) is 0 Å². The molecule has 0 radical (unpaired) electrons. The maximum absolute atomic E-state index is 13.0. The van der Waals surface area contributed by atoms with Gasteiger partial charge in [-0.15, -0.1) is 0 Å². The van der Waals surface area contributed by atoms with Crippen molar-refractivity contribution in [3.05, 3.63) is 70.8 Å². The molecule has 2 aromatic carbocycles. The van der Waals surface area contributed by atoms with E-state index in [2.05, 4.69) is 34.5 Å². The fourth-order valence-electron chi connectivity index (χ4n) is 4.81. The fourth-order valence-corrected chi connectivity index (χ4v) is 4.81. The molecule has 4 amide bonds. The molecule has 2 heterocycles. The van der Waals surface area contributed by atoms with Crippen molar-refractivity contribution in [3.8, 4) is 0 Å². The van der Waals surface area contributed by atoms with Crippen molar-refractivity contribution in [1.82, 2.24) is 10.2 Å². The molecule has 6 heteroatoms. The quantitative estimate of drug-likeness (QED) is 0.608. The van der Waals surface area contributed by atoms with Crippen LogP contribution in [0.4, 0.5) is 10.5 Å². The Morgan fingerprint density at radius 3 is 2.13 bits per heavy atom. The molecule has 0 spiro atoms. The summed E-state index contributed by atoms with van der Waals surface area (Å²) in [6.45, 7) is 1.74. The largest absolute Gasteiger partial charge is 0.363 e. The summed E-state index contributed by atoms with van der Waals surface area (Å²) in [5, 5.41) is 2.34. The molecule has 0 atom stereocenters. The monoisotopic (exact) mass is 415 g/mol. The summed E-state index contributed by atoms with van der Waals surface area (Å²) in [4.78, 5) is 41.3. The first-order valence-corrected chi connectivity index (χ1v) is 10.9. The minimum Gasteiger partial charge on any atom is -0.363 e. The summed E-state index contributed by atoms with van der Waals surface area (Å²) in [7, 11) is 0. The van der Waals surface area contributed by atoms with Gasteiger partial charge < -0.3 is 4.90 Å². The van der Waals surface area contributed by atoms with Crippen LogP contribution in [0.25, 0.3) is 6.08 Å². The molecule has 0 bridgehead atoms. The highest BCUT2D eigenvalue weighted by Crippen LogP contribution is 2.29. The predicted molar refractivity (Wildman–Crippen MR) is 118 cm³/mol. The second-order valence-electron chi connectivity index (χ2n) is 8.50. The third-order valence-electron chi connectivity index (χ3n) is 6.48. The number of anilines is 1. The van der Waals surface area contributed by atoms with Crippen LogP contribution in [0, 0.1) is 0 Å². The summed E-state index contributed by atoms with van der Waals surface area (Å²) < 4.78 is 0. The number of nitrogens with one attached hydrogen (secondary N) is 1. The fraction of sp³-hybridized carbons (Fsp3) is 0.320. The molecule has 2 fully saturated rings. The van der Waals surface area contributed by atoms with E-state index in [1.807, 2.05) is 24.3 Å². The van der Waals surface area contributed by atoms with Gasteiger partial charge >= 0.3 is 6.03 Å². The molecule has 0 unspecified atom stereocenters. The number of nitrogens with zero attached hydrogens (tertiary/aromatic N) is 2. The van der Waals surface area contributed by atoms with Crippen LogP contribution < -0.4 is 10.2 Å². The van der Waals surface area contributed by atoms with E-state index in [-0.39, 0.29) is 11.6 Å². The van der Waals surface area contributed by atoms with E-state index in [0.29, 0.717) is 0 Å². The molecule has 3 aliphatic rings. The highest BCUT2D eigenvalue weighted by atomic mass is 16.2. The number of rotatable bonds is 3. The number of barbiturate groups is 1. The van der Waals surface area contributed by atoms with Crippen molar-refractivity contribution in [3.63, 3.8) is 0 Å². The first kappa shape index (κ1) is 19.5. The highest BCUT2D eigenvalue weighted by Gasteiger charge is 2.40. The van der Waals surface area contributed by atoms with Crippen LogP contribution in [0.2, 0.25) is 0 Å². The lowest BCUT2D eigenvalue weighted by atomic mass is 9.93. The molecule has 1 aliphatic carbocycles. The molecule has 158 valence electrons. The Kier molecular flexibility index (Phi) is 5.06. The number of imide groups is 2. The molecule has 5 rings (SSSR count). The molecule has 1 saturated carbocycles. The van der Waals surface area contributed by atoms with Crippen molar-refractivity contribution in [2.45, 2.75) is 51.2 Å². The Morgan fingerprint density at radius 1 is 0.839 bits per heavy atom. The lowest BCUT2D eigenvalue weighted by molar-refractivity contribution is -0.132. The van der Waals surface area contributed by atoms with E-state index in [1.54, 1.807) is 6.08 Å². The molecule has 31 heavy (non-hydrogen) atoms. The van der Waals surface area contributed by atoms with Crippen molar-refractivity contribution in [2.24, 2.45) is 0 Å². The van der Waals surface area contributed by atoms with Crippen LogP contribution >= 0.6 is 0 Å². The van der Waals surface area contributed by atoms with Gasteiger partial charge in [0, 0.05) is 24.8 Å². The zero-order valence-electron chi connectivity index (χ0n) is 17.3. The van der Waals surface area contributed by atoms with Crippen LogP contribution in [0.15, 0.2) is 54.1 Å². The number of hydrogen-bond donors (Lipinski definition) is 1. The van der Waals surface area contributed by atoms with Gasteiger partial charge in [-0.3, -0.25) is 19.8 Å². The van der Waals surface area contributed by atoms with E-state index in [4.69, 9.17) is 0 Å². The number of benzene rings is 2. The van der Waals surface area contributed by atoms with Gasteiger partial charge in [-0.1, -0.05) is 55.7 Å². The molecule has 1 saturated heterocycles. The lowest BCUT2D eigenvalue weighted by Crippen LogP contribution is -2.58. The second-order valence-corrected chi connectivity index (χ2v) is 8.50. The molecule has 2 aromatic rings. The van der Waals surface area contributed by atoms with Crippen LogP contribution in [0.5, 0.6) is 0 Å². The van der Waals surface area contributed by atoms with E-state index in [0.717, 1.165) is 56.4 Å². The van der Waals surface area contributed by atoms with Crippen molar-refractivity contribution < 1.29 is 14.4 Å². The highest BCUT2D eigenvalue weighted by molar-refractivity contribution is 6.31. The number of urea groups is 1. The normalized spacial score (nSPS) is 20.9. The first-order valence-electron chi connectivity index (χ1n) is 10.9. The van der Waals surface area contributed by atoms with Crippen LogP contribution in [-0.4, -0.2) is 28.8 Å². The number of hydrogen-bond acceptors (Lipinski definition) is 4. The summed E-state index contributed by atoms with van der Waals surface area (Å²) in [6, 6.07) is 15.5. The number of carbonyl (C=O) groups is 3. The summed E-state index contributed by atoms with van der Waals surface area (Å²) in [5.74, 6) is -1.11. The zero-order chi connectivity index (χ0) is 21.4. The van der Waals surface area contributed by atoms with Gasteiger partial charge in [0.05, 0.1) is 0 Å². The summed E-state index contributed by atoms with van der Waals surface area (Å²) in [6.07, 6.45) is 6.30. The van der Waals surface area contributed by atoms with E-state index >= 15 is 0 Å². The minimum absolute atomic E-state index is 0.0199. The van der Waals surface area contributed by atoms with Gasteiger partial charge in [0.1, 0.15) is 5.57 Å². The van der Waals surface area contributed by atoms with Crippen LogP contribution in [-0.2, 0) is 22.7 Å². The predicted octanol–water partition coefficient (Wildman–Crippen LogP) is 4.00. The number of carbonyl (C=O) groups excluding carboxylic acids is 3. The Balaban J connectivity index is 1.35. The minimum atomic E-state index is -0.624. The van der Waals surface area contributed by atoms with E-state index in [9.17, 15) is 14.4 Å². The molecule has 6 nitrogen and oxygen atoms in total. The van der Waals surface area contributed by atoms with Crippen molar-refractivity contribution in [2.75, 3.05) is 4.90 Å². The van der Waals surface area contributed by atoms with E-state index < -0.39 is 17.8 Å². The Labute approximate surface area is 181 Å². The van der Waals surface area contributed by atoms with Crippen LogP contribution in [0.1, 0.15) is 48.8 Å². The Bertz CT molecular complexity index is 1040. The van der Waals surface area contributed by atoms with Crippen LogP contribution in [0.3, 0.4) is 0 Å². The van der Waals surface area contributed by atoms with Crippen molar-refractivity contribution >= 4 is 29.6 Å². The van der Waals surface area contributed by atoms with Gasteiger partial charge in [-0.2, -0.15) is 0 Å². The second kappa shape index (κ2) is 8.02. The smallest absolute Gasteiger partial charge is 0.331 e. The van der Waals surface area contributed by atoms with E-state index in [1.165, 1.54) is 16.0 Å².